The van der Waals surface area contributed by atoms with Gasteiger partial charge in [0.15, 0.2) is 0 Å². The van der Waals surface area contributed by atoms with Gasteiger partial charge in [0.25, 0.3) is 0 Å². The SMILES string of the molecule is O=S(=O)(Oc1ccc(Oc2ccccn2)cc1)c1ccc2c(c1)CCC2. The second-order valence-electron chi connectivity index (χ2n) is 6.06. The third kappa shape index (κ3) is 3.55. The summed E-state index contributed by atoms with van der Waals surface area (Å²) in [4.78, 5) is 4.26. The maximum atomic E-state index is 12.5. The Bertz CT molecular complexity index is 1020. The van der Waals surface area contributed by atoms with Gasteiger partial charge < -0.3 is 8.92 Å². The van der Waals surface area contributed by atoms with Crippen LogP contribution in [0.1, 0.15) is 17.5 Å². The Hall–Kier alpha value is -2.86. The summed E-state index contributed by atoms with van der Waals surface area (Å²) in [7, 11) is -3.86. The Morgan fingerprint density at radius 2 is 1.62 bits per heavy atom. The number of aryl methyl sites for hydroxylation is 2. The summed E-state index contributed by atoms with van der Waals surface area (Å²) < 4.78 is 35.9. The van der Waals surface area contributed by atoms with Crippen molar-refractivity contribution >= 4 is 10.1 Å². The predicted molar refractivity (Wildman–Crippen MR) is 97.0 cm³/mol. The fourth-order valence-corrected chi connectivity index (χ4v) is 3.95. The van der Waals surface area contributed by atoms with Gasteiger partial charge in [-0.25, -0.2) is 4.98 Å². The predicted octanol–water partition coefficient (Wildman–Crippen LogP) is 4.13. The first-order valence-electron chi connectivity index (χ1n) is 8.35. The van der Waals surface area contributed by atoms with Crippen molar-refractivity contribution in [2.45, 2.75) is 24.2 Å². The average Bonchev–Trinajstić information content (AvgIpc) is 3.12. The molecule has 0 fully saturated rings. The van der Waals surface area contributed by atoms with Gasteiger partial charge in [0.05, 0.1) is 0 Å². The van der Waals surface area contributed by atoms with Crippen molar-refractivity contribution in [3.63, 3.8) is 0 Å². The molecule has 0 bridgehead atoms. The highest BCUT2D eigenvalue weighted by atomic mass is 32.2. The van der Waals surface area contributed by atoms with Gasteiger partial charge in [-0.2, -0.15) is 8.42 Å². The van der Waals surface area contributed by atoms with E-state index in [0.717, 1.165) is 24.8 Å². The van der Waals surface area contributed by atoms with Crippen LogP contribution in [0.25, 0.3) is 0 Å². The molecule has 26 heavy (non-hydrogen) atoms. The molecule has 0 spiro atoms. The van der Waals surface area contributed by atoms with Gasteiger partial charge >= 0.3 is 10.1 Å². The van der Waals surface area contributed by atoms with Crippen LogP contribution in [-0.2, 0) is 23.0 Å². The van der Waals surface area contributed by atoms with E-state index >= 15 is 0 Å². The van der Waals surface area contributed by atoms with Crippen molar-refractivity contribution in [1.29, 1.82) is 0 Å². The molecule has 5 nitrogen and oxygen atoms in total. The monoisotopic (exact) mass is 367 g/mol. The Labute approximate surface area is 152 Å². The fourth-order valence-electron chi connectivity index (χ4n) is 2.97. The lowest BCUT2D eigenvalue weighted by atomic mass is 10.1. The molecule has 0 radical (unpaired) electrons. The highest BCUT2D eigenvalue weighted by Gasteiger charge is 2.20. The first-order valence-corrected chi connectivity index (χ1v) is 9.76. The van der Waals surface area contributed by atoms with Gasteiger partial charge in [0.2, 0.25) is 5.88 Å². The largest absolute Gasteiger partial charge is 0.439 e. The van der Waals surface area contributed by atoms with E-state index in [1.54, 1.807) is 54.7 Å². The van der Waals surface area contributed by atoms with Crippen molar-refractivity contribution in [2.75, 3.05) is 0 Å². The zero-order valence-corrected chi connectivity index (χ0v) is 14.8. The molecular weight excluding hydrogens is 350 g/mol. The summed E-state index contributed by atoms with van der Waals surface area (Å²) in [6.45, 7) is 0. The van der Waals surface area contributed by atoms with Gasteiger partial charge in [-0.1, -0.05) is 12.1 Å². The average molecular weight is 367 g/mol. The number of aromatic nitrogens is 1. The fraction of sp³-hybridized carbons (Fsp3) is 0.150. The molecule has 0 saturated carbocycles. The first-order chi connectivity index (χ1) is 12.6. The van der Waals surface area contributed by atoms with Gasteiger partial charge in [-0.05, 0) is 72.9 Å². The van der Waals surface area contributed by atoms with E-state index < -0.39 is 10.1 Å². The Kier molecular flexibility index (Phi) is 4.34. The second-order valence-corrected chi connectivity index (χ2v) is 7.61. The normalized spacial score (nSPS) is 13.2. The molecule has 2 aromatic carbocycles. The van der Waals surface area contributed by atoms with E-state index in [4.69, 9.17) is 8.92 Å². The van der Waals surface area contributed by atoms with Crippen molar-refractivity contribution in [3.8, 4) is 17.4 Å². The molecule has 0 aliphatic heterocycles. The molecule has 0 unspecified atom stereocenters. The Morgan fingerprint density at radius 1 is 0.846 bits per heavy atom. The number of benzene rings is 2. The Balaban J connectivity index is 1.49. The van der Waals surface area contributed by atoms with Crippen LogP contribution in [0.15, 0.2) is 71.8 Å². The lowest BCUT2D eigenvalue weighted by Gasteiger charge is -2.09. The minimum absolute atomic E-state index is 0.187. The minimum atomic E-state index is -3.86. The molecule has 0 atom stereocenters. The molecule has 3 aromatic rings. The van der Waals surface area contributed by atoms with Crippen LogP contribution in [0.5, 0.6) is 17.4 Å². The van der Waals surface area contributed by atoms with Crippen LogP contribution >= 0.6 is 0 Å². The van der Waals surface area contributed by atoms with E-state index in [0.29, 0.717) is 11.6 Å². The van der Waals surface area contributed by atoms with Crippen LogP contribution in [0, 0.1) is 0 Å². The molecule has 1 aliphatic rings. The van der Waals surface area contributed by atoms with E-state index in [1.165, 1.54) is 5.56 Å². The van der Waals surface area contributed by atoms with E-state index in [2.05, 4.69) is 4.98 Å². The minimum Gasteiger partial charge on any atom is -0.439 e. The van der Waals surface area contributed by atoms with Gasteiger partial charge in [-0.3, -0.25) is 0 Å². The standard InChI is InChI=1S/C20H17NO4S/c22-26(23,19-12-7-15-4-3-5-16(15)14-19)25-18-10-8-17(9-11-18)24-20-6-1-2-13-21-20/h1-2,6-14H,3-5H2. The molecule has 1 aromatic heterocycles. The third-order valence-corrected chi connectivity index (χ3v) is 5.49. The summed E-state index contributed by atoms with van der Waals surface area (Å²) in [5, 5.41) is 0. The van der Waals surface area contributed by atoms with Crippen molar-refractivity contribution in [3.05, 3.63) is 78.0 Å². The summed E-state index contributed by atoms with van der Waals surface area (Å²) in [6.07, 6.45) is 4.62. The molecule has 6 heteroatoms. The lowest BCUT2D eigenvalue weighted by Crippen LogP contribution is -2.10. The summed E-state index contributed by atoms with van der Waals surface area (Å²) in [6, 6.07) is 17.0. The molecule has 132 valence electrons. The van der Waals surface area contributed by atoms with Crippen LogP contribution in [-0.4, -0.2) is 13.4 Å². The number of nitrogens with zero attached hydrogens (tertiary/aromatic N) is 1. The molecule has 0 N–H and O–H groups in total. The van der Waals surface area contributed by atoms with Gasteiger partial charge in [0.1, 0.15) is 16.4 Å². The zero-order valence-electron chi connectivity index (χ0n) is 14.0. The smallest absolute Gasteiger partial charge is 0.339 e. The number of fused-ring (bicyclic) bond motifs is 1. The first kappa shape index (κ1) is 16.6. The van der Waals surface area contributed by atoms with Crippen LogP contribution in [0.4, 0.5) is 0 Å². The number of pyridine rings is 1. The van der Waals surface area contributed by atoms with Gasteiger partial charge in [0, 0.05) is 12.3 Å². The maximum absolute atomic E-state index is 12.5. The van der Waals surface area contributed by atoms with E-state index in [9.17, 15) is 8.42 Å². The zero-order chi connectivity index (χ0) is 18.0. The van der Waals surface area contributed by atoms with Crippen LogP contribution < -0.4 is 8.92 Å². The number of ether oxygens (including phenoxy) is 1. The highest BCUT2D eigenvalue weighted by Crippen LogP contribution is 2.28. The highest BCUT2D eigenvalue weighted by molar-refractivity contribution is 7.87. The van der Waals surface area contributed by atoms with Crippen molar-refractivity contribution in [1.82, 2.24) is 4.98 Å². The van der Waals surface area contributed by atoms with Gasteiger partial charge in [-0.15, -0.1) is 0 Å². The summed E-state index contributed by atoms with van der Waals surface area (Å²) >= 11 is 0. The molecule has 0 saturated heterocycles. The molecular formula is C20H17NO4S. The number of hydrogen-bond donors (Lipinski definition) is 0. The summed E-state index contributed by atoms with van der Waals surface area (Å²) in [5.41, 5.74) is 2.31. The van der Waals surface area contributed by atoms with Crippen molar-refractivity contribution in [2.24, 2.45) is 0 Å². The topological polar surface area (TPSA) is 65.5 Å². The molecule has 1 aliphatic carbocycles. The van der Waals surface area contributed by atoms with E-state index in [1.807, 2.05) is 12.1 Å². The lowest BCUT2D eigenvalue weighted by molar-refractivity contribution is 0.459. The third-order valence-electron chi connectivity index (χ3n) is 4.25. The van der Waals surface area contributed by atoms with Crippen molar-refractivity contribution < 1.29 is 17.3 Å². The molecule has 0 amide bonds. The number of rotatable bonds is 5. The quantitative estimate of drug-likeness (QED) is 0.635. The number of hydrogen-bond acceptors (Lipinski definition) is 5. The molecule has 1 heterocycles. The van der Waals surface area contributed by atoms with Crippen LogP contribution in [0.3, 0.4) is 0 Å². The summed E-state index contributed by atoms with van der Waals surface area (Å²) in [5.74, 6) is 1.25. The second kappa shape index (κ2) is 6.80. The van der Waals surface area contributed by atoms with E-state index in [-0.39, 0.29) is 10.6 Å². The van der Waals surface area contributed by atoms with Crippen LogP contribution in [0.2, 0.25) is 0 Å². The molecule has 4 rings (SSSR count). The Morgan fingerprint density at radius 3 is 2.38 bits per heavy atom. The maximum Gasteiger partial charge on any atom is 0.339 e.